The lowest BCUT2D eigenvalue weighted by Crippen LogP contribution is -2.54. The molecule has 0 aromatic heterocycles. The molecule has 1 heterocycles. The molecule has 0 fully saturated rings. The summed E-state index contributed by atoms with van der Waals surface area (Å²) in [4.78, 5) is 70.8. The first-order valence-corrected chi connectivity index (χ1v) is 9.65. The summed E-state index contributed by atoms with van der Waals surface area (Å²) in [6.45, 7) is 0.628. The molecule has 1 aliphatic heterocycles. The minimum Gasteiger partial charge on any atom is -0.550 e. The van der Waals surface area contributed by atoms with Crippen LogP contribution in [0, 0.1) is 0 Å². The molecule has 0 saturated heterocycles. The van der Waals surface area contributed by atoms with E-state index in [0.29, 0.717) is 11.1 Å². The number of benzene rings is 1. The summed E-state index contributed by atoms with van der Waals surface area (Å²) in [5.41, 5.74) is 0.592. The standard InChI is InChI=1S/C20H23N3O9/c1-11(17(27)22-14(20(30)31)6-7-16(25)26)21-15(24)10-32-9-8-23-18(28)12-4-2-3-5-13(12)19(23)29/h2-5,11,14H,6-10H2,1H3,(H,21,24)(H,22,27)(H,25,26)(H,30,31)/p-2/t11-,14-/m1/s1. The van der Waals surface area contributed by atoms with Crippen molar-refractivity contribution in [3.8, 4) is 0 Å². The molecule has 0 radical (unpaired) electrons. The van der Waals surface area contributed by atoms with Crippen molar-refractivity contribution >= 4 is 35.6 Å². The molecule has 172 valence electrons. The van der Waals surface area contributed by atoms with Crippen LogP contribution in [0.3, 0.4) is 0 Å². The van der Waals surface area contributed by atoms with Gasteiger partial charge in [-0.15, -0.1) is 0 Å². The summed E-state index contributed by atoms with van der Waals surface area (Å²) in [5.74, 6) is -5.62. The van der Waals surface area contributed by atoms with Gasteiger partial charge in [0.25, 0.3) is 11.8 Å². The third-order valence-electron chi connectivity index (χ3n) is 4.58. The fourth-order valence-corrected chi connectivity index (χ4v) is 2.92. The summed E-state index contributed by atoms with van der Waals surface area (Å²) < 4.78 is 5.15. The molecule has 0 aliphatic carbocycles. The number of ether oxygens (including phenoxy) is 1. The zero-order chi connectivity index (χ0) is 23.8. The number of hydrogen-bond donors (Lipinski definition) is 2. The maximum atomic E-state index is 12.2. The molecule has 1 aliphatic rings. The van der Waals surface area contributed by atoms with Gasteiger partial charge in [-0.1, -0.05) is 12.1 Å². The Kier molecular flexibility index (Phi) is 8.41. The average Bonchev–Trinajstić information content (AvgIpc) is 2.98. The van der Waals surface area contributed by atoms with Gasteiger partial charge in [0.2, 0.25) is 11.8 Å². The highest BCUT2D eigenvalue weighted by Crippen LogP contribution is 2.21. The van der Waals surface area contributed by atoms with E-state index in [2.05, 4.69) is 10.6 Å². The Hall–Kier alpha value is -3.80. The van der Waals surface area contributed by atoms with Crippen LogP contribution in [0.2, 0.25) is 0 Å². The van der Waals surface area contributed by atoms with Gasteiger partial charge >= 0.3 is 0 Å². The predicted molar refractivity (Wildman–Crippen MR) is 101 cm³/mol. The lowest BCUT2D eigenvalue weighted by Gasteiger charge is -2.22. The number of carboxylic acids is 2. The van der Waals surface area contributed by atoms with E-state index < -0.39 is 67.1 Å². The van der Waals surface area contributed by atoms with Crippen LogP contribution in [0.15, 0.2) is 24.3 Å². The number of carbonyl (C=O) groups is 6. The Balaban J connectivity index is 1.73. The average molecular weight is 447 g/mol. The van der Waals surface area contributed by atoms with E-state index in [1.54, 1.807) is 24.3 Å². The minimum atomic E-state index is -1.67. The van der Waals surface area contributed by atoms with Gasteiger partial charge in [-0.3, -0.25) is 24.1 Å². The summed E-state index contributed by atoms with van der Waals surface area (Å²) in [6, 6.07) is 3.66. The van der Waals surface area contributed by atoms with Gasteiger partial charge in [-0.05, 0) is 31.9 Å². The first-order chi connectivity index (χ1) is 15.1. The second kappa shape index (κ2) is 11.0. The molecule has 32 heavy (non-hydrogen) atoms. The van der Waals surface area contributed by atoms with Gasteiger partial charge in [-0.2, -0.15) is 0 Å². The van der Waals surface area contributed by atoms with Gasteiger partial charge in [0.15, 0.2) is 0 Å². The van der Waals surface area contributed by atoms with Gasteiger partial charge < -0.3 is 35.2 Å². The summed E-state index contributed by atoms with van der Waals surface area (Å²) in [6.07, 6.45) is -1.03. The number of rotatable bonds is 12. The molecule has 0 bridgehead atoms. The Morgan fingerprint density at radius 3 is 2.16 bits per heavy atom. The maximum absolute atomic E-state index is 12.2. The Morgan fingerprint density at radius 1 is 1.03 bits per heavy atom. The first-order valence-electron chi connectivity index (χ1n) is 9.65. The summed E-state index contributed by atoms with van der Waals surface area (Å²) >= 11 is 0. The maximum Gasteiger partial charge on any atom is 0.261 e. The number of nitrogens with zero attached hydrogens (tertiary/aromatic N) is 1. The molecule has 12 nitrogen and oxygen atoms in total. The summed E-state index contributed by atoms with van der Waals surface area (Å²) in [7, 11) is 0. The van der Waals surface area contributed by atoms with E-state index >= 15 is 0 Å². The van der Waals surface area contributed by atoms with Crippen molar-refractivity contribution in [2.24, 2.45) is 0 Å². The predicted octanol–water partition coefficient (Wildman–Crippen LogP) is -3.43. The zero-order valence-corrected chi connectivity index (χ0v) is 17.1. The van der Waals surface area contributed by atoms with Crippen LogP contribution in [0.4, 0.5) is 0 Å². The van der Waals surface area contributed by atoms with Gasteiger partial charge in [0.05, 0.1) is 36.3 Å². The number of fused-ring (bicyclic) bond motifs is 1. The van der Waals surface area contributed by atoms with E-state index in [1.807, 2.05) is 0 Å². The molecule has 2 rings (SSSR count). The van der Waals surface area contributed by atoms with E-state index in [9.17, 15) is 39.0 Å². The van der Waals surface area contributed by atoms with Gasteiger partial charge in [0, 0.05) is 5.97 Å². The number of hydrogen-bond acceptors (Lipinski definition) is 9. The molecule has 0 saturated carbocycles. The van der Waals surface area contributed by atoms with Crippen LogP contribution in [0.1, 0.15) is 40.5 Å². The molecule has 2 atom stereocenters. The van der Waals surface area contributed by atoms with E-state index in [-0.39, 0.29) is 13.2 Å². The number of nitrogens with one attached hydrogen (secondary N) is 2. The number of imide groups is 1. The number of amides is 4. The fraction of sp³-hybridized carbons (Fsp3) is 0.400. The quantitative estimate of drug-likeness (QED) is 0.243. The SMILES string of the molecule is C[C@@H](NC(=O)COCCN1C(=O)c2ccccc2C1=O)C(=O)N[C@H](CCC(=O)[O-])C(=O)[O-]. The highest BCUT2D eigenvalue weighted by molar-refractivity contribution is 6.21. The number of aliphatic carboxylic acids is 2. The topological polar surface area (TPSA) is 185 Å². The molecule has 4 amide bonds. The van der Waals surface area contributed by atoms with Crippen LogP contribution >= 0.6 is 0 Å². The molecular formula is C20H21N3O9-2. The molecule has 12 heteroatoms. The van der Waals surface area contributed by atoms with Crippen LogP contribution in [-0.4, -0.2) is 72.3 Å². The largest absolute Gasteiger partial charge is 0.550 e. The highest BCUT2D eigenvalue weighted by atomic mass is 16.5. The van der Waals surface area contributed by atoms with Crippen LogP contribution in [0.5, 0.6) is 0 Å². The second-order valence-electron chi connectivity index (χ2n) is 6.94. The molecule has 0 unspecified atom stereocenters. The van der Waals surface area contributed by atoms with Crippen molar-refractivity contribution in [1.29, 1.82) is 0 Å². The monoisotopic (exact) mass is 447 g/mol. The van der Waals surface area contributed by atoms with Gasteiger partial charge in [0.1, 0.15) is 12.6 Å². The Morgan fingerprint density at radius 2 is 1.62 bits per heavy atom. The minimum absolute atomic E-state index is 0.0681. The van der Waals surface area contributed by atoms with E-state index in [0.717, 1.165) is 4.90 Å². The Labute approximate surface area is 182 Å². The molecule has 1 aromatic rings. The van der Waals surface area contributed by atoms with Crippen LogP contribution in [0.25, 0.3) is 0 Å². The lowest BCUT2D eigenvalue weighted by molar-refractivity contribution is -0.310. The third-order valence-corrected chi connectivity index (χ3v) is 4.58. The van der Waals surface area contributed by atoms with Crippen molar-refractivity contribution in [3.05, 3.63) is 35.4 Å². The van der Waals surface area contributed by atoms with Crippen LogP contribution < -0.4 is 20.8 Å². The second-order valence-corrected chi connectivity index (χ2v) is 6.94. The highest BCUT2D eigenvalue weighted by Gasteiger charge is 2.34. The van der Waals surface area contributed by atoms with Crippen molar-refractivity contribution in [2.75, 3.05) is 19.8 Å². The van der Waals surface area contributed by atoms with Crippen molar-refractivity contribution in [2.45, 2.75) is 31.8 Å². The smallest absolute Gasteiger partial charge is 0.261 e. The van der Waals surface area contributed by atoms with Crippen molar-refractivity contribution in [1.82, 2.24) is 15.5 Å². The zero-order valence-electron chi connectivity index (χ0n) is 17.1. The molecular weight excluding hydrogens is 426 g/mol. The first kappa shape index (κ1) is 24.5. The molecule has 2 N–H and O–H groups in total. The molecule has 0 spiro atoms. The number of carbonyl (C=O) groups excluding carboxylic acids is 6. The number of carboxylic acid groups (broad SMARTS) is 2. The van der Waals surface area contributed by atoms with Crippen LogP contribution in [-0.2, 0) is 23.9 Å². The van der Waals surface area contributed by atoms with Crippen molar-refractivity contribution < 1.29 is 43.7 Å². The fourth-order valence-electron chi connectivity index (χ4n) is 2.92. The Bertz CT molecular complexity index is 896. The third kappa shape index (κ3) is 6.35. The van der Waals surface area contributed by atoms with Crippen molar-refractivity contribution in [3.63, 3.8) is 0 Å². The van der Waals surface area contributed by atoms with E-state index in [4.69, 9.17) is 4.74 Å². The van der Waals surface area contributed by atoms with Gasteiger partial charge in [-0.25, -0.2) is 0 Å². The lowest BCUT2D eigenvalue weighted by atomic mass is 10.1. The normalized spacial score (nSPS) is 14.5. The van der Waals surface area contributed by atoms with E-state index in [1.165, 1.54) is 6.92 Å². The summed E-state index contributed by atoms with van der Waals surface area (Å²) in [5, 5.41) is 25.8. The molecule has 1 aromatic carbocycles.